The molecule has 1 aromatic carbocycles. The molecule has 0 aliphatic carbocycles. The van der Waals surface area contributed by atoms with Crippen molar-refractivity contribution >= 4 is 17.3 Å². The number of hydrogen-bond acceptors (Lipinski definition) is 5. The van der Waals surface area contributed by atoms with Crippen LogP contribution in [0, 0.1) is 0 Å². The molecule has 1 aliphatic rings. The van der Waals surface area contributed by atoms with Crippen LogP contribution in [0.2, 0.25) is 5.02 Å². The predicted molar refractivity (Wildman–Crippen MR) is 135 cm³/mol. The number of aryl methyl sites for hydroxylation is 2. The number of alkyl halides is 3. The topological polar surface area (TPSA) is 69.6 Å². The Morgan fingerprint density at radius 1 is 1.16 bits per heavy atom. The van der Waals surface area contributed by atoms with Gasteiger partial charge in [-0.05, 0) is 57.9 Å². The zero-order valence-corrected chi connectivity index (χ0v) is 21.8. The molecule has 0 spiro atoms. The van der Waals surface area contributed by atoms with E-state index in [0.29, 0.717) is 34.5 Å². The van der Waals surface area contributed by atoms with Crippen LogP contribution in [0.25, 0.3) is 22.9 Å². The summed E-state index contributed by atoms with van der Waals surface area (Å²) in [7, 11) is 1.99. The third kappa shape index (κ3) is 4.60. The van der Waals surface area contributed by atoms with Crippen LogP contribution in [0.4, 0.5) is 18.9 Å². The Labute approximate surface area is 217 Å². The molecule has 1 aliphatic heterocycles. The molecule has 0 saturated carbocycles. The molecule has 3 aromatic heterocycles. The van der Waals surface area contributed by atoms with E-state index in [2.05, 4.69) is 15.0 Å². The molecule has 0 bridgehead atoms. The van der Waals surface area contributed by atoms with E-state index in [1.165, 1.54) is 4.57 Å². The van der Waals surface area contributed by atoms with Crippen LogP contribution in [0.15, 0.2) is 36.7 Å². The van der Waals surface area contributed by atoms with E-state index in [1.54, 1.807) is 25.3 Å². The first-order chi connectivity index (χ1) is 17.6. The van der Waals surface area contributed by atoms with Gasteiger partial charge in [-0.2, -0.15) is 18.3 Å². The van der Waals surface area contributed by atoms with Crippen LogP contribution < -0.4 is 4.90 Å². The number of rotatable bonds is 6. The number of fused-ring (bicyclic) bond motifs is 1. The molecule has 0 radical (unpaired) electrons. The van der Waals surface area contributed by atoms with Gasteiger partial charge in [0.2, 0.25) is 5.82 Å². The van der Waals surface area contributed by atoms with Crippen molar-refractivity contribution in [3.05, 3.63) is 53.2 Å². The Morgan fingerprint density at radius 2 is 1.89 bits per heavy atom. The van der Waals surface area contributed by atoms with Crippen molar-refractivity contribution in [3.63, 3.8) is 0 Å². The summed E-state index contributed by atoms with van der Waals surface area (Å²) in [6, 6.07) is 7.50. The van der Waals surface area contributed by atoms with E-state index >= 15 is 0 Å². The second-order valence-electron chi connectivity index (χ2n) is 9.45. The standard InChI is InChI=1S/C25H28ClF3N8/c1-5-35-14-20(25(27,28)29)31-23(35)16-8-10-17(11-9-16)34(4)19-7-6-12-36-24(19)32-22(33-36)21-18(26)13-30-37(21)15(2)3/h8-11,13-15,19H,5-7,12H2,1-4H3. The number of hydrogen-bond donors (Lipinski definition) is 0. The Balaban J connectivity index is 1.43. The molecule has 0 N–H and O–H groups in total. The van der Waals surface area contributed by atoms with Crippen LogP contribution in [0.1, 0.15) is 57.2 Å². The van der Waals surface area contributed by atoms with Crippen LogP contribution in [-0.4, -0.2) is 41.1 Å². The fourth-order valence-electron chi connectivity index (χ4n) is 4.79. The van der Waals surface area contributed by atoms with E-state index in [4.69, 9.17) is 21.7 Å². The SMILES string of the molecule is CCn1cc(C(F)(F)F)nc1-c1ccc(N(C)C2CCCn3nc(-c4c(Cl)cnn4C(C)C)nc32)cc1. The maximum Gasteiger partial charge on any atom is 0.434 e. The van der Waals surface area contributed by atoms with Gasteiger partial charge in [0.05, 0.1) is 17.3 Å². The quantitative estimate of drug-likeness (QED) is 0.293. The van der Waals surface area contributed by atoms with Gasteiger partial charge in [-0.1, -0.05) is 11.6 Å². The van der Waals surface area contributed by atoms with Crippen LogP contribution in [0.5, 0.6) is 0 Å². The first kappa shape index (κ1) is 25.3. The molecule has 5 rings (SSSR count). The number of anilines is 1. The maximum absolute atomic E-state index is 13.2. The molecular weight excluding hydrogens is 505 g/mol. The highest BCUT2D eigenvalue weighted by Gasteiger charge is 2.35. The second-order valence-corrected chi connectivity index (χ2v) is 9.85. The molecule has 196 valence electrons. The lowest BCUT2D eigenvalue weighted by molar-refractivity contribution is -0.140. The summed E-state index contributed by atoms with van der Waals surface area (Å²) in [6.45, 7) is 7.00. The number of imidazole rings is 1. The normalized spacial score (nSPS) is 15.9. The first-order valence-electron chi connectivity index (χ1n) is 12.2. The van der Waals surface area contributed by atoms with Gasteiger partial charge in [0.1, 0.15) is 17.3 Å². The van der Waals surface area contributed by atoms with Crippen LogP contribution in [0.3, 0.4) is 0 Å². The fourth-order valence-corrected chi connectivity index (χ4v) is 5.00. The van der Waals surface area contributed by atoms with Gasteiger partial charge < -0.3 is 9.47 Å². The molecule has 1 atom stereocenters. The summed E-state index contributed by atoms with van der Waals surface area (Å²) in [5.41, 5.74) is 1.36. The molecular formula is C25H28ClF3N8. The van der Waals surface area contributed by atoms with E-state index in [9.17, 15) is 13.2 Å². The summed E-state index contributed by atoms with van der Waals surface area (Å²) in [4.78, 5) is 10.9. The minimum atomic E-state index is -4.48. The zero-order chi connectivity index (χ0) is 26.5. The predicted octanol–water partition coefficient (Wildman–Crippen LogP) is 6.25. The average Bonchev–Trinajstić information content (AvgIpc) is 3.59. The average molecular weight is 533 g/mol. The molecule has 4 aromatic rings. The van der Waals surface area contributed by atoms with Crippen molar-refractivity contribution in [3.8, 4) is 22.9 Å². The monoisotopic (exact) mass is 532 g/mol. The summed E-state index contributed by atoms with van der Waals surface area (Å²) in [6.07, 6.45) is 0.0159. The van der Waals surface area contributed by atoms with E-state index in [-0.39, 0.29) is 12.1 Å². The van der Waals surface area contributed by atoms with Crippen molar-refractivity contribution in [1.82, 2.24) is 34.1 Å². The molecule has 0 saturated heterocycles. The minimum absolute atomic E-state index is 0.0236. The Hall–Kier alpha value is -3.34. The van der Waals surface area contributed by atoms with Gasteiger partial charge in [0, 0.05) is 43.6 Å². The summed E-state index contributed by atoms with van der Waals surface area (Å²) in [5, 5.41) is 9.64. The van der Waals surface area contributed by atoms with Crippen LogP contribution >= 0.6 is 11.6 Å². The van der Waals surface area contributed by atoms with Gasteiger partial charge in [0.15, 0.2) is 5.69 Å². The van der Waals surface area contributed by atoms with Crippen molar-refractivity contribution in [2.24, 2.45) is 0 Å². The van der Waals surface area contributed by atoms with Gasteiger partial charge in [-0.3, -0.25) is 4.68 Å². The summed E-state index contributed by atoms with van der Waals surface area (Å²) in [5.74, 6) is 1.69. The molecule has 0 amide bonds. The molecule has 4 heterocycles. The minimum Gasteiger partial charge on any atom is -0.364 e. The highest BCUT2D eigenvalue weighted by molar-refractivity contribution is 6.32. The van der Waals surface area contributed by atoms with Gasteiger partial charge in [-0.25, -0.2) is 14.6 Å². The third-order valence-corrected chi connectivity index (χ3v) is 6.98. The Morgan fingerprint density at radius 3 is 2.54 bits per heavy atom. The Kier molecular flexibility index (Phi) is 6.51. The largest absolute Gasteiger partial charge is 0.434 e. The summed E-state index contributed by atoms with van der Waals surface area (Å²) < 4.78 is 44.9. The second kappa shape index (κ2) is 9.51. The third-order valence-electron chi connectivity index (χ3n) is 6.71. The fraction of sp³-hybridized carbons (Fsp3) is 0.440. The van der Waals surface area contributed by atoms with E-state index in [0.717, 1.165) is 37.1 Å². The Bertz CT molecular complexity index is 1400. The smallest absolute Gasteiger partial charge is 0.364 e. The van der Waals surface area contributed by atoms with Crippen LogP contribution in [-0.2, 0) is 19.3 Å². The zero-order valence-electron chi connectivity index (χ0n) is 21.0. The summed E-state index contributed by atoms with van der Waals surface area (Å²) >= 11 is 6.44. The van der Waals surface area contributed by atoms with E-state index in [1.807, 2.05) is 42.4 Å². The number of benzene rings is 1. The van der Waals surface area contributed by atoms with E-state index < -0.39 is 11.9 Å². The maximum atomic E-state index is 13.2. The molecule has 12 heteroatoms. The van der Waals surface area contributed by atoms with Crippen molar-refractivity contribution in [1.29, 1.82) is 0 Å². The lowest BCUT2D eigenvalue weighted by Gasteiger charge is -2.32. The van der Waals surface area contributed by atoms with Crippen molar-refractivity contribution in [2.75, 3.05) is 11.9 Å². The molecule has 8 nitrogen and oxygen atoms in total. The number of aromatic nitrogens is 7. The lowest BCUT2D eigenvalue weighted by atomic mass is 10.0. The first-order valence-corrected chi connectivity index (χ1v) is 12.6. The highest BCUT2D eigenvalue weighted by Crippen LogP contribution is 2.36. The highest BCUT2D eigenvalue weighted by atomic mass is 35.5. The van der Waals surface area contributed by atoms with Crippen molar-refractivity contribution < 1.29 is 13.2 Å². The van der Waals surface area contributed by atoms with Gasteiger partial charge in [0.25, 0.3) is 0 Å². The van der Waals surface area contributed by atoms with Gasteiger partial charge in [-0.15, -0.1) is 5.10 Å². The van der Waals surface area contributed by atoms with Crippen molar-refractivity contribution in [2.45, 2.75) is 65.0 Å². The molecule has 0 fully saturated rings. The number of nitrogens with zero attached hydrogens (tertiary/aromatic N) is 8. The lowest BCUT2D eigenvalue weighted by Crippen LogP contribution is -2.30. The molecule has 37 heavy (non-hydrogen) atoms. The molecule has 1 unspecified atom stereocenters. The van der Waals surface area contributed by atoms with Gasteiger partial charge >= 0.3 is 6.18 Å². The number of halogens is 4.